The molecule has 106 valence electrons. The van der Waals surface area contributed by atoms with Crippen molar-refractivity contribution in [3.05, 3.63) is 64.4 Å². The van der Waals surface area contributed by atoms with Crippen LogP contribution < -0.4 is 5.32 Å². The third-order valence-corrected chi connectivity index (χ3v) is 3.92. The number of nitrogens with one attached hydrogen (secondary N) is 1. The number of nitrogens with zero attached hydrogens (tertiary/aromatic N) is 1. The number of benzene rings is 1. The summed E-state index contributed by atoms with van der Waals surface area (Å²) in [6, 6.07) is 13.3. The van der Waals surface area contributed by atoms with Crippen molar-refractivity contribution in [3.63, 3.8) is 0 Å². The minimum absolute atomic E-state index is 0.515. The Morgan fingerprint density at radius 2 is 1.95 bits per heavy atom. The zero-order chi connectivity index (χ0) is 14.2. The van der Waals surface area contributed by atoms with E-state index >= 15 is 0 Å². The SMILES string of the molecule is CCNC(CCc1cccnc1)Cc1ccc(Br)cc1. The Bertz CT molecular complexity index is 496. The van der Waals surface area contributed by atoms with E-state index in [0.29, 0.717) is 6.04 Å². The highest BCUT2D eigenvalue weighted by Gasteiger charge is 2.08. The molecular weight excluding hydrogens is 312 g/mol. The molecule has 1 aromatic heterocycles. The number of hydrogen-bond donors (Lipinski definition) is 1. The van der Waals surface area contributed by atoms with Crippen molar-refractivity contribution in [1.82, 2.24) is 10.3 Å². The summed E-state index contributed by atoms with van der Waals surface area (Å²) in [7, 11) is 0. The van der Waals surface area contributed by atoms with Crippen LogP contribution in [0.4, 0.5) is 0 Å². The molecule has 2 nitrogen and oxygen atoms in total. The number of halogens is 1. The topological polar surface area (TPSA) is 24.9 Å². The minimum Gasteiger partial charge on any atom is -0.314 e. The van der Waals surface area contributed by atoms with Gasteiger partial charge in [-0.1, -0.05) is 41.1 Å². The number of aryl methyl sites for hydroxylation is 1. The zero-order valence-corrected chi connectivity index (χ0v) is 13.4. The van der Waals surface area contributed by atoms with Gasteiger partial charge in [-0.05, 0) is 55.1 Å². The lowest BCUT2D eigenvalue weighted by atomic mass is 9.99. The van der Waals surface area contributed by atoms with E-state index in [4.69, 9.17) is 0 Å². The summed E-state index contributed by atoms with van der Waals surface area (Å²) < 4.78 is 1.14. The molecule has 1 heterocycles. The highest BCUT2D eigenvalue weighted by atomic mass is 79.9. The highest BCUT2D eigenvalue weighted by molar-refractivity contribution is 9.10. The fraction of sp³-hybridized carbons (Fsp3) is 0.353. The predicted octanol–water partition coefficient (Wildman–Crippen LogP) is 4.00. The van der Waals surface area contributed by atoms with Crippen molar-refractivity contribution < 1.29 is 0 Å². The molecule has 1 unspecified atom stereocenters. The lowest BCUT2D eigenvalue weighted by Gasteiger charge is -2.18. The fourth-order valence-corrected chi connectivity index (χ4v) is 2.62. The van der Waals surface area contributed by atoms with Gasteiger partial charge in [0.1, 0.15) is 0 Å². The highest BCUT2D eigenvalue weighted by Crippen LogP contribution is 2.14. The summed E-state index contributed by atoms with van der Waals surface area (Å²) >= 11 is 3.48. The maximum atomic E-state index is 4.18. The molecule has 0 fully saturated rings. The third-order valence-electron chi connectivity index (χ3n) is 3.39. The molecular formula is C17H21BrN2. The van der Waals surface area contributed by atoms with E-state index in [1.165, 1.54) is 11.1 Å². The van der Waals surface area contributed by atoms with Gasteiger partial charge in [-0.2, -0.15) is 0 Å². The first-order valence-electron chi connectivity index (χ1n) is 7.14. The van der Waals surface area contributed by atoms with Crippen molar-refractivity contribution in [2.75, 3.05) is 6.54 Å². The lowest BCUT2D eigenvalue weighted by molar-refractivity contribution is 0.491. The number of rotatable bonds is 7. The van der Waals surface area contributed by atoms with Crippen LogP contribution in [0.1, 0.15) is 24.5 Å². The van der Waals surface area contributed by atoms with Gasteiger partial charge in [0.15, 0.2) is 0 Å². The molecule has 2 rings (SSSR count). The Morgan fingerprint density at radius 3 is 2.60 bits per heavy atom. The third kappa shape index (κ3) is 5.06. The van der Waals surface area contributed by atoms with E-state index in [0.717, 1.165) is 30.3 Å². The largest absolute Gasteiger partial charge is 0.314 e. The maximum absolute atomic E-state index is 4.18. The lowest BCUT2D eigenvalue weighted by Crippen LogP contribution is -2.31. The minimum atomic E-state index is 0.515. The van der Waals surface area contributed by atoms with Crippen molar-refractivity contribution in [3.8, 4) is 0 Å². The average molecular weight is 333 g/mol. The van der Waals surface area contributed by atoms with Crippen molar-refractivity contribution in [2.24, 2.45) is 0 Å². The molecule has 0 radical (unpaired) electrons. The first-order valence-corrected chi connectivity index (χ1v) is 7.94. The second-order valence-corrected chi connectivity index (χ2v) is 5.90. The van der Waals surface area contributed by atoms with E-state index in [-0.39, 0.29) is 0 Å². The van der Waals surface area contributed by atoms with E-state index in [1.54, 1.807) is 0 Å². The van der Waals surface area contributed by atoms with Crippen LogP contribution in [0.2, 0.25) is 0 Å². The summed E-state index contributed by atoms with van der Waals surface area (Å²) in [5.41, 5.74) is 2.69. The van der Waals surface area contributed by atoms with Crippen LogP contribution in [-0.2, 0) is 12.8 Å². The predicted molar refractivity (Wildman–Crippen MR) is 87.9 cm³/mol. The molecule has 0 spiro atoms. The first kappa shape index (κ1) is 15.2. The van der Waals surface area contributed by atoms with Crippen LogP contribution in [0.5, 0.6) is 0 Å². The Hall–Kier alpha value is -1.19. The monoisotopic (exact) mass is 332 g/mol. The van der Waals surface area contributed by atoms with E-state index in [1.807, 2.05) is 18.5 Å². The van der Waals surface area contributed by atoms with Gasteiger partial charge in [0.2, 0.25) is 0 Å². The van der Waals surface area contributed by atoms with Gasteiger partial charge in [0.05, 0.1) is 0 Å². The van der Waals surface area contributed by atoms with Crippen molar-refractivity contribution in [2.45, 2.75) is 32.2 Å². The summed E-state index contributed by atoms with van der Waals surface area (Å²) in [6.07, 6.45) is 7.06. The second-order valence-electron chi connectivity index (χ2n) is 4.99. The van der Waals surface area contributed by atoms with Crippen molar-refractivity contribution in [1.29, 1.82) is 0 Å². The number of likely N-dealkylation sites (N-methyl/N-ethyl adjacent to an activating group) is 1. The Balaban J connectivity index is 1.91. The van der Waals surface area contributed by atoms with Gasteiger partial charge in [-0.3, -0.25) is 4.98 Å². The first-order chi connectivity index (χ1) is 9.78. The summed E-state index contributed by atoms with van der Waals surface area (Å²) in [5.74, 6) is 0. The number of hydrogen-bond acceptors (Lipinski definition) is 2. The Labute approximate surface area is 129 Å². The van der Waals surface area contributed by atoms with Gasteiger partial charge >= 0.3 is 0 Å². The number of pyridine rings is 1. The molecule has 0 amide bonds. The molecule has 1 aromatic carbocycles. The Kier molecular flexibility index (Phi) is 6.22. The summed E-state index contributed by atoms with van der Waals surface area (Å²) in [5, 5.41) is 3.58. The number of aromatic nitrogens is 1. The molecule has 0 aliphatic carbocycles. The van der Waals surface area contributed by atoms with Crippen LogP contribution in [0, 0.1) is 0 Å². The summed E-state index contributed by atoms with van der Waals surface area (Å²) in [4.78, 5) is 4.18. The molecule has 1 atom stereocenters. The fourth-order valence-electron chi connectivity index (χ4n) is 2.36. The van der Waals surface area contributed by atoms with Crippen LogP contribution in [0.25, 0.3) is 0 Å². The van der Waals surface area contributed by atoms with Crippen LogP contribution in [0.15, 0.2) is 53.3 Å². The van der Waals surface area contributed by atoms with Crippen LogP contribution >= 0.6 is 15.9 Å². The smallest absolute Gasteiger partial charge is 0.0299 e. The molecule has 0 saturated heterocycles. The molecule has 3 heteroatoms. The molecule has 1 N–H and O–H groups in total. The maximum Gasteiger partial charge on any atom is 0.0299 e. The normalized spacial score (nSPS) is 12.3. The molecule has 20 heavy (non-hydrogen) atoms. The van der Waals surface area contributed by atoms with Crippen LogP contribution in [0.3, 0.4) is 0 Å². The summed E-state index contributed by atoms with van der Waals surface area (Å²) in [6.45, 7) is 3.17. The molecule has 2 aromatic rings. The van der Waals surface area contributed by atoms with Crippen molar-refractivity contribution >= 4 is 15.9 Å². The molecule has 0 saturated carbocycles. The standard InChI is InChI=1S/C17H21BrN2/c1-2-20-17(10-7-15-4-3-11-19-13-15)12-14-5-8-16(18)9-6-14/h3-6,8-9,11,13,17,20H,2,7,10,12H2,1H3. The van der Waals surface area contributed by atoms with Gasteiger partial charge in [-0.15, -0.1) is 0 Å². The molecule has 0 aliphatic heterocycles. The molecule has 0 bridgehead atoms. The van der Waals surface area contributed by atoms with Gasteiger partial charge in [-0.25, -0.2) is 0 Å². The van der Waals surface area contributed by atoms with Gasteiger partial charge < -0.3 is 5.32 Å². The van der Waals surface area contributed by atoms with Gasteiger partial charge in [0, 0.05) is 22.9 Å². The average Bonchev–Trinajstić information content (AvgIpc) is 2.48. The van der Waals surface area contributed by atoms with E-state index in [2.05, 4.69) is 63.5 Å². The Morgan fingerprint density at radius 1 is 1.15 bits per heavy atom. The van der Waals surface area contributed by atoms with Gasteiger partial charge in [0.25, 0.3) is 0 Å². The second kappa shape index (κ2) is 8.18. The van der Waals surface area contributed by atoms with Crippen LogP contribution in [-0.4, -0.2) is 17.6 Å². The molecule has 0 aliphatic rings. The van der Waals surface area contributed by atoms with E-state index in [9.17, 15) is 0 Å². The quantitative estimate of drug-likeness (QED) is 0.828. The van der Waals surface area contributed by atoms with E-state index < -0.39 is 0 Å². The zero-order valence-electron chi connectivity index (χ0n) is 11.8.